The molecule has 108 valence electrons. The first-order chi connectivity index (χ1) is 9.70. The van der Waals surface area contributed by atoms with Crippen LogP contribution in [0, 0.1) is 0 Å². The summed E-state index contributed by atoms with van der Waals surface area (Å²) in [4.78, 5) is 16.8. The van der Waals surface area contributed by atoms with Crippen LogP contribution in [0.15, 0.2) is 30.3 Å². The van der Waals surface area contributed by atoms with E-state index in [0.717, 1.165) is 38.2 Å². The first-order valence-electron chi connectivity index (χ1n) is 7.37. The smallest absolute Gasteiger partial charge is 0.310 e. The highest BCUT2D eigenvalue weighted by Crippen LogP contribution is 2.23. The van der Waals surface area contributed by atoms with Gasteiger partial charge in [-0.1, -0.05) is 30.3 Å². The number of likely N-dealkylation sites (N-methyl/N-ethyl adjacent to an activating group) is 1. The van der Waals surface area contributed by atoms with Crippen LogP contribution in [0.25, 0.3) is 0 Å². The zero-order chi connectivity index (χ0) is 13.9. The molecule has 0 aromatic heterocycles. The Hall–Kier alpha value is -1.39. The number of piperazine rings is 1. The molecule has 2 saturated heterocycles. The number of esters is 1. The minimum absolute atomic E-state index is 0.0720. The van der Waals surface area contributed by atoms with Crippen LogP contribution in [0.4, 0.5) is 0 Å². The van der Waals surface area contributed by atoms with Gasteiger partial charge in [0, 0.05) is 38.6 Å². The molecule has 0 bridgehead atoms. The topological polar surface area (TPSA) is 32.8 Å². The van der Waals surface area contributed by atoms with Crippen molar-refractivity contribution in [2.45, 2.75) is 25.0 Å². The maximum atomic E-state index is 12.0. The zero-order valence-electron chi connectivity index (χ0n) is 12.0. The van der Waals surface area contributed by atoms with E-state index in [4.69, 9.17) is 4.74 Å². The second-order valence-electron chi connectivity index (χ2n) is 5.92. The number of hydrogen-bond donors (Lipinski definition) is 0. The van der Waals surface area contributed by atoms with Crippen LogP contribution in [-0.2, 0) is 16.0 Å². The van der Waals surface area contributed by atoms with Gasteiger partial charge in [0.25, 0.3) is 0 Å². The van der Waals surface area contributed by atoms with E-state index >= 15 is 0 Å². The largest absolute Gasteiger partial charge is 0.461 e. The molecule has 0 amide bonds. The highest BCUT2D eigenvalue weighted by Gasteiger charge is 2.36. The highest BCUT2D eigenvalue weighted by molar-refractivity contribution is 5.72. The number of benzene rings is 1. The minimum Gasteiger partial charge on any atom is -0.461 e. The van der Waals surface area contributed by atoms with E-state index < -0.39 is 0 Å². The van der Waals surface area contributed by atoms with Crippen molar-refractivity contribution in [2.75, 3.05) is 33.2 Å². The van der Waals surface area contributed by atoms with Crippen molar-refractivity contribution in [1.82, 2.24) is 9.80 Å². The second kappa shape index (κ2) is 5.94. The lowest BCUT2D eigenvalue weighted by Gasteiger charge is -2.34. The maximum absolute atomic E-state index is 12.0. The molecule has 2 fully saturated rings. The molecule has 2 aliphatic heterocycles. The Morgan fingerprint density at radius 2 is 2.05 bits per heavy atom. The summed E-state index contributed by atoms with van der Waals surface area (Å²) in [5.74, 6) is -0.102. The Morgan fingerprint density at radius 1 is 1.25 bits per heavy atom. The SMILES string of the molecule is CN1CCN2C[C@H](OC(=O)Cc3ccccc3)C[C@H]2C1. The van der Waals surface area contributed by atoms with Crippen LogP contribution >= 0.6 is 0 Å². The van der Waals surface area contributed by atoms with Crippen LogP contribution in [0.2, 0.25) is 0 Å². The van der Waals surface area contributed by atoms with Gasteiger partial charge in [0.1, 0.15) is 6.10 Å². The molecular weight excluding hydrogens is 252 g/mol. The molecule has 20 heavy (non-hydrogen) atoms. The van der Waals surface area contributed by atoms with Crippen molar-refractivity contribution < 1.29 is 9.53 Å². The number of ether oxygens (including phenoxy) is 1. The number of rotatable bonds is 3. The quantitative estimate of drug-likeness (QED) is 0.774. The van der Waals surface area contributed by atoms with E-state index in [1.54, 1.807) is 0 Å². The molecule has 3 rings (SSSR count). The van der Waals surface area contributed by atoms with Crippen LogP contribution in [-0.4, -0.2) is 61.1 Å². The molecule has 1 aromatic carbocycles. The monoisotopic (exact) mass is 274 g/mol. The van der Waals surface area contributed by atoms with Gasteiger partial charge in [-0.25, -0.2) is 0 Å². The molecule has 4 nitrogen and oxygen atoms in total. The van der Waals surface area contributed by atoms with Crippen LogP contribution in [0.1, 0.15) is 12.0 Å². The van der Waals surface area contributed by atoms with Crippen molar-refractivity contribution in [2.24, 2.45) is 0 Å². The summed E-state index contributed by atoms with van der Waals surface area (Å²) in [6, 6.07) is 10.4. The average Bonchev–Trinajstić information content (AvgIpc) is 2.80. The Balaban J connectivity index is 1.50. The molecule has 0 N–H and O–H groups in total. The third-order valence-corrected chi connectivity index (χ3v) is 4.27. The van der Waals surface area contributed by atoms with E-state index in [0.29, 0.717) is 12.5 Å². The average molecular weight is 274 g/mol. The first-order valence-corrected chi connectivity index (χ1v) is 7.37. The number of hydrogen-bond acceptors (Lipinski definition) is 4. The molecule has 4 heteroatoms. The van der Waals surface area contributed by atoms with E-state index in [1.165, 1.54) is 0 Å². The lowest BCUT2D eigenvalue weighted by atomic mass is 10.1. The normalized spacial score (nSPS) is 27.2. The Labute approximate surface area is 120 Å². The summed E-state index contributed by atoms with van der Waals surface area (Å²) in [5.41, 5.74) is 1.02. The molecule has 0 spiro atoms. The number of fused-ring (bicyclic) bond motifs is 1. The predicted octanol–water partition coefficient (Wildman–Crippen LogP) is 1.16. The van der Waals surface area contributed by atoms with Crippen LogP contribution in [0.3, 0.4) is 0 Å². The summed E-state index contributed by atoms with van der Waals surface area (Å²) in [6.07, 6.45) is 1.43. The molecular formula is C16H22N2O2. The Morgan fingerprint density at radius 3 is 2.85 bits per heavy atom. The van der Waals surface area contributed by atoms with E-state index in [1.807, 2.05) is 30.3 Å². The van der Waals surface area contributed by atoms with Gasteiger partial charge in [0.05, 0.1) is 6.42 Å². The predicted molar refractivity (Wildman–Crippen MR) is 77.5 cm³/mol. The van der Waals surface area contributed by atoms with Gasteiger partial charge in [-0.2, -0.15) is 0 Å². The van der Waals surface area contributed by atoms with Gasteiger partial charge in [0.2, 0.25) is 0 Å². The summed E-state index contributed by atoms with van der Waals surface area (Å²) in [6.45, 7) is 4.20. The fourth-order valence-electron chi connectivity index (χ4n) is 3.23. The van der Waals surface area contributed by atoms with Gasteiger partial charge in [-0.05, 0) is 12.6 Å². The van der Waals surface area contributed by atoms with Crippen LogP contribution < -0.4 is 0 Å². The Bertz CT molecular complexity index is 463. The fourth-order valence-corrected chi connectivity index (χ4v) is 3.23. The van der Waals surface area contributed by atoms with Crippen molar-refractivity contribution >= 4 is 5.97 Å². The maximum Gasteiger partial charge on any atom is 0.310 e. The molecule has 0 aliphatic carbocycles. The summed E-state index contributed by atoms with van der Waals surface area (Å²) >= 11 is 0. The molecule has 2 atom stereocenters. The van der Waals surface area contributed by atoms with Gasteiger partial charge >= 0.3 is 5.97 Å². The third-order valence-electron chi connectivity index (χ3n) is 4.27. The van der Waals surface area contributed by atoms with Crippen molar-refractivity contribution in [3.05, 3.63) is 35.9 Å². The van der Waals surface area contributed by atoms with E-state index in [2.05, 4.69) is 16.8 Å². The Kier molecular flexibility index (Phi) is 4.03. The standard InChI is InChI=1S/C16H22N2O2/c1-17-7-8-18-12-15(10-14(18)11-17)20-16(19)9-13-5-3-2-4-6-13/h2-6,14-15H,7-12H2,1H3/t14-,15+/m0/s1. The number of carbonyl (C=O) groups excluding carboxylic acids is 1. The zero-order valence-corrected chi connectivity index (χ0v) is 12.0. The van der Waals surface area contributed by atoms with Gasteiger partial charge in [-0.3, -0.25) is 9.69 Å². The van der Waals surface area contributed by atoms with Gasteiger partial charge < -0.3 is 9.64 Å². The molecule has 1 aromatic rings. The first kappa shape index (κ1) is 13.6. The molecule has 0 radical (unpaired) electrons. The van der Waals surface area contributed by atoms with Crippen molar-refractivity contribution in [3.8, 4) is 0 Å². The van der Waals surface area contributed by atoms with E-state index in [9.17, 15) is 4.79 Å². The molecule has 2 heterocycles. The second-order valence-corrected chi connectivity index (χ2v) is 5.92. The van der Waals surface area contributed by atoms with Gasteiger partial charge in [0.15, 0.2) is 0 Å². The van der Waals surface area contributed by atoms with Gasteiger partial charge in [-0.15, -0.1) is 0 Å². The molecule has 0 saturated carbocycles. The summed E-state index contributed by atoms with van der Waals surface area (Å²) < 4.78 is 5.64. The fraction of sp³-hybridized carbons (Fsp3) is 0.562. The molecule has 2 aliphatic rings. The lowest BCUT2D eigenvalue weighted by Crippen LogP contribution is -2.48. The van der Waals surface area contributed by atoms with Crippen molar-refractivity contribution in [1.29, 1.82) is 0 Å². The number of nitrogens with zero attached hydrogens (tertiary/aromatic N) is 2. The molecule has 0 unspecified atom stereocenters. The summed E-state index contributed by atoms with van der Waals surface area (Å²) in [5, 5.41) is 0. The minimum atomic E-state index is -0.102. The third kappa shape index (κ3) is 3.19. The number of carbonyl (C=O) groups is 1. The lowest BCUT2D eigenvalue weighted by molar-refractivity contribution is -0.147. The van der Waals surface area contributed by atoms with E-state index in [-0.39, 0.29) is 12.1 Å². The van der Waals surface area contributed by atoms with Crippen molar-refractivity contribution in [3.63, 3.8) is 0 Å². The summed E-state index contributed by atoms with van der Waals surface area (Å²) in [7, 11) is 2.16. The highest BCUT2D eigenvalue weighted by atomic mass is 16.5. The van der Waals surface area contributed by atoms with Crippen LogP contribution in [0.5, 0.6) is 0 Å².